The van der Waals surface area contributed by atoms with Crippen LogP contribution in [0.1, 0.15) is 143 Å². The number of rotatable bonds is 38. The van der Waals surface area contributed by atoms with Gasteiger partial charge in [-0.3, -0.25) is 28.1 Å². The largest absolute Gasteiger partial charge is 0.790 e. The Balaban J connectivity index is 1.27. The van der Waals surface area contributed by atoms with E-state index in [1.165, 1.54) is 78.1 Å². The van der Waals surface area contributed by atoms with E-state index in [9.17, 15) is 63.0 Å². The molecule has 7 N–H and O–H groups in total. The van der Waals surface area contributed by atoms with E-state index >= 15 is 0 Å². The number of allylic oxidation sites excluding steroid dienone is 2. The fourth-order valence-electron chi connectivity index (χ4n) is 7.43. The first-order valence-electron chi connectivity index (χ1n) is 24.3. The third-order valence-electron chi connectivity index (χ3n) is 11.4. The van der Waals surface area contributed by atoms with Gasteiger partial charge >= 0.3 is 0 Å². The number of nitrogens with zero attached hydrogens (tertiary/aromatic N) is 4. The number of nitrogen functional groups attached to an aromatic ring is 1. The number of aliphatic hydroxyl groups excluding tert-OH is 3. The van der Waals surface area contributed by atoms with Gasteiger partial charge in [0.1, 0.15) is 36.3 Å². The molecule has 1 fully saturated rings. The Hall–Kier alpha value is -2.74. The zero-order valence-corrected chi connectivity index (χ0v) is 44.6. The maximum atomic E-state index is 12.7. The first-order valence-corrected chi connectivity index (χ1v) is 29.6. The lowest BCUT2D eigenvalue weighted by Crippen LogP contribution is -2.46. The lowest BCUT2D eigenvalue weighted by Gasteiger charge is -2.36. The molecule has 29 heteroatoms. The molecule has 0 radical (unpaired) electrons. The number of amides is 2. The van der Waals surface area contributed by atoms with E-state index in [1.54, 1.807) is 0 Å². The maximum absolute atomic E-state index is 12.7. The van der Waals surface area contributed by atoms with Gasteiger partial charge in [0.05, 0.1) is 33.5 Å². The second kappa shape index (κ2) is 32.0. The first-order chi connectivity index (χ1) is 33.9. The standard InChI is InChI=1S/C43H76N7O18P3S/c1-4-5-6-7-8-9-10-11-12-13-14-15-16-17-18-19-20-21-31(51)26-34(53)72-25-24-45-33(52)22-23-46-41(56)38(55)43(2,3)28-65-71(62,63)68-70(60,61)64-27-32-37(67-69(57,58)59)36(54)42(66-32)50-30-49-35-39(44)47-29-48-40(35)50/h11-12,29-32,36-38,42,51,54-55H,4-10,13-28H2,1-3H3,(H,45,52)(H,46,56)(H,60,61)(H,62,63)(H2,44,47,48)(H2,57,58,59)/p-4/b12-11-/t31-,32-,36-,37-,38+,42-/m1/s1. The Bertz CT molecular complexity index is 2150. The Morgan fingerprint density at radius 1 is 0.889 bits per heavy atom. The molecule has 2 amide bonds. The summed E-state index contributed by atoms with van der Waals surface area (Å²) < 4.78 is 60.9. The molecule has 1 aliphatic rings. The topological polar surface area (TPSA) is 395 Å². The number of aliphatic hydroxyl groups is 3. The van der Waals surface area contributed by atoms with Crippen molar-refractivity contribution in [1.29, 1.82) is 0 Å². The van der Waals surface area contributed by atoms with Gasteiger partial charge in [0, 0.05) is 37.1 Å². The van der Waals surface area contributed by atoms with Gasteiger partial charge in [0.15, 0.2) is 22.8 Å². The summed E-state index contributed by atoms with van der Waals surface area (Å²) in [6.45, 7) is 2.23. The van der Waals surface area contributed by atoms with Gasteiger partial charge in [-0.25, -0.2) is 19.3 Å². The first kappa shape index (κ1) is 63.6. The van der Waals surface area contributed by atoms with Crippen LogP contribution in [0.15, 0.2) is 24.8 Å². The van der Waals surface area contributed by atoms with Crippen LogP contribution in [-0.4, -0.2) is 114 Å². The summed E-state index contributed by atoms with van der Waals surface area (Å²) in [6, 6.07) is 0. The molecular formula is C43H72N7O18P3S-4. The van der Waals surface area contributed by atoms with Crippen LogP contribution in [0.2, 0.25) is 0 Å². The van der Waals surface area contributed by atoms with Crippen LogP contribution in [0, 0.1) is 5.41 Å². The number of thioether (sulfide) groups is 1. The van der Waals surface area contributed by atoms with Crippen molar-refractivity contribution in [3.8, 4) is 0 Å². The second-order valence-electron chi connectivity index (χ2n) is 18.1. The molecule has 2 aromatic heterocycles. The molecule has 2 aromatic rings. The number of fused-ring (bicyclic) bond motifs is 1. The van der Waals surface area contributed by atoms with Gasteiger partial charge in [-0.1, -0.05) is 115 Å². The predicted octanol–water partition coefficient (Wildman–Crippen LogP) is 2.71. The number of nitrogens with two attached hydrogens (primary N) is 1. The molecule has 1 aliphatic heterocycles. The molecule has 412 valence electrons. The number of hydrogen-bond donors (Lipinski definition) is 6. The monoisotopic (exact) mass is 1100 g/mol. The maximum Gasteiger partial charge on any atom is 0.274 e. The molecule has 1 saturated heterocycles. The highest BCUT2D eigenvalue weighted by Gasteiger charge is 2.47. The molecule has 0 spiro atoms. The highest BCUT2D eigenvalue weighted by molar-refractivity contribution is 8.13. The van der Waals surface area contributed by atoms with E-state index in [2.05, 4.69) is 62.5 Å². The average Bonchev–Trinajstić information content (AvgIpc) is 3.86. The minimum atomic E-state index is -5.93. The minimum absolute atomic E-state index is 0.0113. The number of hydrogen-bond acceptors (Lipinski definition) is 23. The molecule has 25 nitrogen and oxygen atoms in total. The summed E-state index contributed by atoms with van der Waals surface area (Å²) in [7, 11) is -17.6. The van der Waals surface area contributed by atoms with Crippen LogP contribution in [0.4, 0.5) is 5.82 Å². The molecule has 2 unspecified atom stereocenters. The Morgan fingerprint density at radius 3 is 2.14 bits per heavy atom. The molecule has 72 heavy (non-hydrogen) atoms. The number of carbonyl (C=O) groups is 3. The molecular weight excluding hydrogens is 1030 g/mol. The van der Waals surface area contributed by atoms with Crippen molar-refractivity contribution in [2.75, 3.05) is 37.8 Å². The van der Waals surface area contributed by atoms with E-state index in [1.807, 2.05) is 0 Å². The normalized spacial score (nSPS) is 20.1. The van der Waals surface area contributed by atoms with Crippen molar-refractivity contribution in [3.05, 3.63) is 24.8 Å². The molecule has 3 heterocycles. The van der Waals surface area contributed by atoms with Gasteiger partial charge < -0.3 is 74.1 Å². The fraction of sp³-hybridized carbons (Fsp3) is 0.767. The summed E-state index contributed by atoms with van der Waals surface area (Å²) in [5, 5.41) is 36.5. The summed E-state index contributed by atoms with van der Waals surface area (Å²) >= 11 is 0.987. The lowest BCUT2D eigenvalue weighted by atomic mass is 9.87. The molecule has 0 aliphatic carbocycles. The smallest absolute Gasteiger partial charge is 0.274 e. The van der Waals surface area contributed by atoms with Gasteiger partial charge in [0.25, 0.3) is 15.6 Å². The number of phosphoric ester groups is 3. The Labute approximate surface area is 424 Å². The van der Waals surface area contributed by atoms with Crippen LogP contribution in [0.25, 0.3) is 11.2 Å². The quantitative estimate of drug-likeness (QED) is 0.0320. The minimum Gasteiger partial charge on any atom is -0.790 e. The van der Waals surface area contributed by atoms with Crippen LogP contribution >= 0.6 is 35.2 Å². The molecule has 0 saturated carbocycles. The number of nitrogens with one attached hydrogen (secondary N) is 2. The lowest BCUT2D eigenvalue weighted by molar-refractivity contribution is -0.347. The van der Waals surface area contributed by atoms with E-state index in [0.29, 0.717) is 6.42 Å². The number of aromatic nitrogens is 4. The third kappa shape index (κ3) is 24.3. The number of anilines is 1. The number of imidazole rings is 1. The Kier molecular flexibility index (Phi) is 28.2. The van der Waals surface area contributed by atoms with E-state index in [-0.39, 0.29) is 53.8 Å². The molecule has 3 rings (SSSR count). The molecule has 8 atom stereocenters. The average molecular weight is 1100 g/mol. The van der Waals surface area contributed by atoms with Crippen molar-refractivity contribution in [3.63, 3.8) is 0 Å². The van der Waals surface area contributed by atoms with Crippen molar-refractivity contribution < 1.29 is 85.6 Å². The van der Waals surface area contributed by atoms with Crippen LogP contribution in [0.3, 0.4) is 0 Å². The van der Waals surface area contributed by atoms with Crippen LogP contribution < -0.4 is 35.9 Å². The summed E-state index contributed by atoms with van der Waals surface area (Å²) in [5.74, 6) is -1.33. The van der Waals surface area contributed by atoms with E-state index in [0.717, 1.165) is 61.1 Å². The van der Waals surface area contributed by atoms with Crippen molar-refractivity contribution >= 4 is 69.1 Å². The van der Waals surface area contributed by atoms with Crippen LogP contribution in [0.5, 0.6) is 0 Å². The van der Waals surface area contributed by atoms with Crippen LogP contribution in [-0.2, 0) is 50.7 Å². The summed E-state index contributed by atoms with van der Waals surface area (Å²) in [4.78, 5) is 97.1. The molecule has 0 bridgehead atoms. The van der Waals surface area contributed by atoms with E-state index in [4.69, 9.17) is 10.5 Å². The number of unbranched alkanes of at least 4 members (excludes halogenated alkanes) is 13. The highest BCUT2D eigenvalue weighted by atomic mass is 32.2. The van der Waals surface area contributed by atoms with Gasteiger partial charge in [0.2, 0.25) is 11.8 Å². The Morgan fingerprint density at radius 2 is 1.50 bits per heavy atom. The van der Waals surface area contributed by atoms with Crippen molar-refractivity contribution in [2.24, 2.45) is 5.41 Å². The number of ether oxygens (including phenoxy) is 1. The van der Waals surface area contributed by atoms with Gasteiger partial charge in [-0.15, -0.1) is 0 Å². The predicted molar refractivity (Wildman–Crippen MR) is 258 cm³/mol. The SMILES string of the molecule is CCCCCCCC/C=C\CCCCCCCCC[C@@H](O)CC(=O)SCCNC(=O)CCNC(=O)[C@H](O)C(C)(C)COP(=O)([O-])OP(=O)([O-])OC[C@H]1O[C@@H](n2cnc3c(N)ncnc32)[C@H](O)[C@@H]1OP(=O)([O-])[O-]. The number of carbonyl (C=O) groups excluding carboxylic acids is 3. The molecule has 0 aromatic carbocycles. The fourth-order valence-corrected chi connectivity index (χ4v) is 10.9. The number of phosphoric acid groups is 3. The zero-order valence-electron chi connectivity index (χ0n) is 41.1. The van der Waals surface area contributed by atoms with E-state index < -0.39 is 90.7 Å². The van der Waals surface area contributed by atoms with Gasteiger partial charge in [-0.2, -0.15) is 0 Å². The third-order valence-corrected chi connectivity index (χ3v) is 15.4. The van der Waals surface area contributed by atoms with Gasteiger partial charge in [-0.05, 0) is 32.1 Å². The zero-order chi connectivity index (χ0) is 53.4. The van der Waals surface area contributed by atoms with Crippen molar-refractivity contribution in [1.82, 2.24) is 30.2 Å². The summed E-state index contributed by atoms with van der Waals surface area (Å²) in [5.41, 5.74) is 4.06. The second-order valence-corrected chi connectivity index (χ2v) is 23.4. The van der Waals surface area contributed by atoms with Crippen molar-refractivity contribution in [2.45, 2.75) is 173 Å². The summed E-state index contributed by atoms with van der Waals surface area (Å²) in [6.07, 6.45) is 14.8. The highest BCUT2D eigenvalue weighted by Crippen LogP contribution is 2.56.